The molecule has 4 nitrogen and oxygen atoms in total. The zero-order valence-corrected chi connectivity index (χ0v) is 12.1. The van der Waals surface area contributed by atoms with Crippen molar-refractivity contribution in [2.24, 2.45) is 5.73 Å². The number of furan rings is 1. The van der Waals surface area contributed by atoms with Crippen molar-refractivity contribution in [2.75, 3.05) is 26.2 Å². The van der Waals surface area contributed by atoms with Gasteiger partial charge in [-0.15, -0.1) is 0 Å². The summed E-state index contributed by atoms with van der Waals surface area (Å²) in [5.74, 6) is 0.857. The molecule has 2 N–H and O–H groups in total. The monoisotopic (exact) mass is 274 g/mol. The number of morpholine rings is 1. The number of rotatable bonds is 3. The van der Waals surface area contributed by atoms with Crippen molar-refractivity contribution in [3.8, 4) is 0 Å². The van der Waals surface area contributed by atoms with Crippen LogP contribution in [0.25, 0.3) is 11.0 Å². The van der Waals surface area contributed by atoms with Crippen molar-refractivity contribution >= 4 is 11.0 Å². The highest BCUT2D eigenvalue weighted by Gasteiger charge is 2.28. The number of fused-ring (bicyclic) bond motifs is 1. The molecule has 2 heterocycles. The van der Waals surface area contributed by atoms with Crippen molar-refractivity contribution in [1.82, 2.24) is 4.90 Å². The Morgan fingerprint density at radius 2 is 2.15 bits per heavy atom. The Bertz CT molecular complexity index is 558. The molecule has 1 unspecified atom stereocenters. The Hall–Kier alpha value is -1.36. The van der Waals surface area contributed by atoms with E-state index in [0.29, 0.717) is 0 Å². The van der Waals surface area contributed by atoms with Crippen LogP contribution >= 0.6 is 0 Å². The van der Waals surface area contributed by atoms with Gasteiger partial charge in [0, 0.05) is 25.0 Å². The fourth-order valence-electron chi connectivity index (χ4n) is 2.82. The van der Waals surface area contributed by atoms with Crippen LogP contribution in [0.15, 0.2) is 34.7 Å². The van der Waals surface area contributed by atoms with Gasteiger partial charge in [-0.3, -0.25) is 4.90 Å². The summed E-state index contributed by atoms with van der Waals surface area (Å²) < 4.78 is 11.6. The fourth-order valence-corrected chi connectivity index (χ4v) is 2.82. The van der Waals surface area contributed by atoms with Gasteiger partial charge in [-0.05, 0) is 26.0 Å². The van der Waals surface area contributed by atoms with Gasteiger partial charge in [0.25, 0.3) is 0 Å². The topological polar surface area (TPSA) is 51.6 Å². The lowest BCUT2D eigenvalue weighted by Gasteiger charge is -2.38. The van der Waals surface area contributed by atoms with Crippen molar-refractivity contribution in [2.45, 2.75) is 25.5 Å². The van der Waals surface area contributed by atoms with Crippen LogP contribution in [0.3, 0.4) is 0 Å². The molecule has 1 aliphatic rings. The maximum Gasteiger partial charge on any atom is 0.134 e. The summed E-state index contributed by atoms with van der Waals surface area (Å²) in [6, 6.07) is 9.96. The van der Waals surface area contributed by atoms with E-state index in [1.54, 1.807) is 0 Å². The highest BCUT2D eigenvalue weighted by atomic mass is 16.5. The van der Waals surface area contributed by atoms with Gasteiger partial charge >= 0.3 is 0 Å². The lowest BCUT2D eigenvalue weighted by Crippen LogP contribution is -2.50. The number of para-hydroxylation sites is 1. The molecule has 2 aromatic rings. The molecule has 0 amide bonds. The van der Waals surface area contributed by atoms with Crippen LogP contribution in [0.5, 0.6) is 0 Å². The molecule has 1 fully saturated rings. The fraction of sp³-hybridized carbons (Fsp3) is 0.500. The van der Waals surface area contributed by atoms with Crippen molar-refractivity contribution in [3.05, 3.63) is 36.1 Å². The van der Waals surface area contributed by atoms with Gasteiger partial charge in [-0.25, -0.2) is 0 Å². The van der Waals surface area contributed by atoms with Crippen molar-refractivity contribution in [3.63, 3.8) is 0 Å². The number of hydrogen-bond donors (Lipinski definition) is 1. The van der Waals surface area contributed by atoms with Gasteiger partial charge in [0.1, 0.15) is 11.3 Å². The first kappa shape index (κ1) is 13.6. The third-order valence-electron chi connectivity index (χ3n) is 3.77. The Labute approximate surface area is 119 Å². The van der Waals surface area contributed by atoms with E-state index in [2.05, 4.69) is 18.7 Å². The average molecular weight is 274 g/mol. The normalized spacial score (nSPS) is 21.1. The van der Waals surface area contributed by atoms with Gasteiger partial charge in [0.05, 0.1) is 18.2 Å². The first-order valence-electron chi connectivity index (χ1n) is 7.14. The summed E-state index contributed by atoms with van der Waals surface area (Å²) in [6.07, 6.45) is 0. The Balaban J connectivity index is 1.71. The van der Waals surface area contributed by atoms with Gasteiger partial charge in [0.15, 0.2) is 0 Å². The smallest absolute Gasteiger partial charge is 0.134 e. The zero-order chi connectivity index (χ0) is 14.2. The second-order valence-electron chi connectivity index (χ2n) is 6.14. The number of nitrogens with zero attached hydrogens (tertiary/aromatic N) is 1. The summed E-state index contributed by atoms with van der Waals surface area (Å²) in [4.78, 5) is 2.35. The molecule has 1 aromatic carbocycles. The molecule has 3 rings (SSSR count). The van der Waals surface area contributed by atoms with E-state index in [1.165, 1.54) is 0 Å². The van der Waals surface area contributed by atoms with Crippen LogP contribution in [0.4, 0.5) is 0 Å². The number of nitrogens with two attached hydrogens (primary N) is 1. The molecule has 4 heteroatoms. The van der Waals surface area contributed by atoms with Gasteiger partial charge < -0.3 is 14.9 Å². The number of benzene rings is 1. The minimum atomic E-state index is -0.101. The van der Waals surface area contributed by atoms with Crippen LogP contribution in [-0.4, -0.2) is 36.7 Å². The highest BCUT2D eigenvalue weighted by Crippen LogP contribution is 2.24. The van der Waals surface area contributed by atoms with Crippen LogP contribution < -0.4 is 5.73 Å². The predicted octanol–water partition coefficient (Wildman–Crippen LogP) is 2.54. The first-order valence-corrected chi connectivity index (χ1v) is 7.14. The van der Waals surface area contributed by atoms with E-state index < -0.39 is 0 Å². The highest BCUT2D eigenvalue weighted by molar-refractivity contribution is 5.77. The lowest BCUT2D eigenvalue weighted by atomic mass is 10.1. The van der Waals surface area contributed by atoms with Gasteiger partial charge in [-0.2, -0.15) is 0 Å². The quantitative estimate of drug-likeness (QED) is 0.934. The minimum Gasteiger partial charge on any atom is -0.459 e. The number of ether oxygens (including phenoxy) is 1. The van der Waals surface area contributed by atoms with Gasteiger partial charge in [0.2, 0.25) is 0 Å². The van der Waals surface area contributed by atoms with Gasteiger partial charge in [-0.1, -0.05) is 18.2 Å². The lowest BCUT2D eigenvalue weighted by molar-refractivity contribution is -0.0872. The Morgan fingerprint density at radius 1 is 1.35 bits per heavy atom. The summed E-state index contributed by atoms with van der Waals surface area (Å²) in [5, 5.41) is 1.11. The maximum atomic E-state index is 6.30. The third kappa shape index (κ3) is 2.87. The van der Waals surface area contributed by atoms with E-state index in [0.717, 1.165) is 43.0 Å². The second kappa shape index (κ2) is 5.20. The number of hydrogen-bond acceptors (Lipinski definition) is 4. The molecule has 0 radical (unpaired) electrons. The molecule has 0 saturated carbocycles. The standard InChI is InChI=1S/C16H22N2O2/c1-16(2)11-18(7-8-19-16)10-13(17)15-9-12-5-3-4-6-14(12)20-15/h3-6,9,13H,7-8,10-11,17H2,1-2H3. The molecule has 1 aliphatic heterocycles. The van der Waals surface area contributed by atoms with E-state index in [9.17, 15) is 0 Å². The largest absolute Gasteiger partial charge is 0.459 e. The molecule has 0 bridgehead atoms. The van der Waals surface area contributed by atoms with Crippen LogP contribution in [0, 0.1) is 0 Å². The molecular formula is C16H22N2O2. The zero-order valence-electron chi connectivity index (χ0n) is 12.1. The predicted molar refractivity (Wildman–Crippen MR) is 79.6 cm³/mol. The Kier molecular flexibility index (Phi) is 3.54. The minimum absolute atomic E-state index is 0.0914. The van der Waals surface area contributed by atoms with Crippen LogP contribution in [0.1, 0.15) is 25.6 Å². The average Bonchev–Trinajstić information content (AvgIpc) is 2.81. The van der Waals surface area contributed by atoms with E-state index >= 15 is 0 Å². The summed E-state index contributed by atoms with van der Waals surface area (Å²) >= 11 is 0. The maximum absolute atomic E-state index is 6.30. The van der Waals surface area contributed by atoms with E-state index in [-0.39, 0.29) is 11.6 Å². The molecule has 108 valence electrons. The Morgan fingerprint density at radius 3 is 2.90 bits per heavy atom. The van der Waals surface area contributed by atoms with E-state index in [4.69, 9.17) is 14.9 Å². The molecule has 0 spiro atoms. The third-order valence-corrected chi connectivity index (χ3v) is 3.77. The first-order chi connectivity index (χ1) is 9.53. The summed E-state index contributed by atoms with van der Waals surface area (Å²) in [7, 11) is 0. The van der Waals surface area contributed by atoms with Crippen molar-refractivity contribution in [1.29, 1.82) is 0 Å². The van der Waals surface area contributed by atoms with Crippen LogP contribution in [-0.2, 0) is 4.74 Å². The summed E-state index contributed by atoms with van der Waals surface area (Å²) in [5.41, 5.74) is 7.11. The summed E-state index contributed by atoms with van der Waals surface area (Å²) in [6.45, 7) is 7.63. The van der Waals surface area contributed by atoms with E-state index in [1.807, 2.05) is 30.3 Å². The SMILES string of the molecule is CC1(C)CN(CC(N)c2cc3ccccc3o2)CCO1. The molecule has 1 saturated heterocycles. The van der Waals surface area contributed by atoms with Crippen molar-refractivity contribution < 1.29 is 9.15 Å². The molecule has 1 atom stereocenters. The molecule has 0 aliphatic carbocycles. The molecule has 1 aromatic heterocycles. The second-order valence-corrected chi connectivity index (χ2v) is 6.14. The van der Waals surface area contributed by atoms with Crippen LogP contribution in [0.2, 0.25) is 0 Å². The molecular weight excluding hydrogens is 252 g/mol. The molecule has 20 heavy (non-hydrogen) atoms.